The lowest BCUT2D eigenvalue weighted by Crippen LogP contribution is -2.05. The fourth-order valence-corrected chi connectivity index (χ4v) is 2.04. The van der Waals surface area contributed by atoms with Crippen LogP contribution in [0.15, 0.2) is 55.0 Å². The van der Waals surface area contributed by atoms with Gasteiger partial charge in [0.15, 0.2) is 0 Å². The van der Waals surface area contributed by atoms with Gasteiger partial charge in [0, 0.05) is 0 Å². The number of benzene rings is 1. The minimum Gasteiger partial charge on any atom is -0.382 e. The zero-order valence-corrected chi connectivity index (χ0v) is 9.49. The van der Waals surface area contributed by atoms with Gasteiger partial charge in [-0.25, -0.2) is 9.37 Å². The van der Waals surface area contributed by atoms with Crippen molar-refractivity contribution in [3.63, 3.8) is 0 Å². The molecule has 1 atom stereocenters. The average Bonchev–Trinajstić information content (AvgIpc) is 2.86. The Bertz CT molecular complexity index is 693. The van der Waals surface area contributed by atoms with Crippen molar-refractivity contribution in [1.29, 1.82) is 0 Å². The number of pyridine rings is 1. The third-order valence-corrected chi connectivity index (χ3v) is 2.92. The molecule has 0 saturated heterocycles. The second-order valence-electron chi connectivity index (χ2n) is 4.10. The van der Waals surface area contributed by atoms with Gasteiger partial charge in [-0.3, -0.25) is 0 Å². The highest BCUT2D eigenvalue weighted by Gasteiger charge is 2.14. The van der Waals surface area contributed by atoms with Crippen LogP contribution in [0.2, 0.25) is 0 Å². The summed E-state index contributed by atoms with van der Waals surface area (Å²) in [6, 6.07) is 11.5. The first-order valence-corrected chi connectivity index (χ1v) is 5.60. The van der Waals surface area contributed by atoms with Crippen LogP contribution < -0.4 is 0 Å². The Morgan fingerprint density at radius 3 is 2.83 bits per heavy atom. The van der Waals surface area contributed by atoms with Crippen molar-refractivity contribution in [3.8, 4) is 0 Å². The molecule has 1 N–H and O–H groups in total. The van der Waals surface area contributed by atoms with Crippen LogP contribution in [0.25, 0.3) is 5.52 Å². The Balaban J connectivity index is 2.12. The summed E-state index contributed by atoms with van der Waals surface area (Å²) >= 11 is 0. The first-order chi connectivity index (χ1) is 8.75. The smallest absolute Gasteiger partial charge is 0.123 e. The monoisotopic (exact) mass is 242 g/mol. The molecule has 2 heterocycles. The molecule has 3 rings (SSSR count). The van der Waals surface area contributed by atoms with Gasteiger partial charge in [-0.2, -0.15) is 0 Å². The van der Waals surface area contributed by atoms with E-state index in [1.807, 2.05) is 12.1 Å². The maximum atomic E-state index is 13.2. The standard InChI is InChI=1S/C14H11FN2O/c15-11-4-1-3-10(7-11)14(18)13-6-2-5-12-8-16-9-17(12)13/h1-9,14,18H. The predicted molar refractivity (Wildman–Crippen MR) is 65.7 cm³/mol. The van der Waals surface area contributed by atoms with Crippen molar-refractivity contribution in [2.75, 3.05) is 0 Å². The minimum absolute atomic E-state index is 0.357. The largest absolute Gasteiger partial charge is 0.382 e. The van der Waals surface area contributed by atoms with E-state index < -0.39 is 6.10 Å². The van der Waals surface area contributed by atoms with Crippen LogP contribution in [-0.2, 0) is 0 Å². The molecule has 1 aromatic carbocycles. The van der Waals surface area contributed by atoms with Crippen molar-refractivity contribution in [1.82, 2.24) is 9.38 Å². The maximum absolute atomic E-state index is 13.2. The normalized spacial score (nSPS) is 12.8. The maximum Gasteiger partial charge on any atom is 0.123 e. The summed E-state index contributed by atoms with van der Waals surface area (Å²) in [6.07, 6.45) is 2.47. The van der Waals surface area contributed by atoms with Crippen LogP contribution in [0.4, 0.5) is 4.39 Å². The summed E-state index contributed by atoms with van der Waals surface area (Å²) in [6.45, 7) is 0. The first kappa shape index (κ1) is 10.9. The molecule has 0 amide bonds. The summed E-state index contributed by atoms with van der Waals surface area (Å²) in [5.74, 6) is -0.357. The molecule has 0 spiro atoms. The number of aromatic nitrogens is 2. The molecule has 1 unspecified atom stereocenters. The lowest BCUT2D eigenvalue weighted by atomic mass is 10.1. The molecule has 0 aliphatic carbocycles. The molecule has 0 saturated carbocycles. The van der Waals surface area contributed by atoms with Gasteiger partial charge in [0.1, 0.15) is 11.9 Å². The summed E-state index contributed by atoms with van der Waals surface area (Å²) in [5.41, 5.74) is 2.08. The zero-order valence-electron chi connectivity index (χ0n) is 9.49. The van der Waals surface area contributed by atoms with Gasteiger partial charge in [-0.15, -0.1) is 0 Å². The second-order valence-corrected chi connectivity index (χ2v) is 4.10. The summed E-state index contributed by atoms with van der Waals surface area (Å²) in [4.78, 5) is 4.03. The van der Waals surface area contributed by atoms with Crippen molar-refractivity contribution in [2.45, 2.75) is 6.10 Å². The first-order valence-electron chi connectivity index (χ1n) is 5.60. The minimum atomic E-state index is -0.876. The highest BCUT2D eigenvalue weighted by Crippen LogP contribution is 2.23. The third kappa shape index (κ3) is 1.76. The number of imidazole rings is 1. The molecule has 2 aromatic heterocycles. The second kappa shape index (κ2) is 4.23. The number of hydrogen-bond donors (Lipinski definition) is 1. The number of halogens is 1. The van der Waals surface area contributed by atoms with Crippen LogP contribution in [0.3, 0.4) is 0 Å². The van der Waals surface area contributed by atoms with Crippen molar-refractivity contribution in [2.24, 2.45) is 0 Å². The van der Waals surface area contributed by atoms with Crippen LogP contribution in [0.5, 0.6) is 0 Å². The van der Waals surface area contributed by atoms with Gasteiger partial charge in [-0.05, 0) is 29.8 Å². The van der Waals surface area contributed by atoms with E-state index in [4.69, 9.17) is 0 Å². The quantitative estimate of drug-likeness (QED) is 0.750. The van der Waals surface area contributed by atoms with Gasteiger partial charge in [-0.1, -0.05) is 18.2 Å². The number of hydrogen-bond acceptors (Lipinski definition) is 2. The number of aliphatic hydroxyl groups excluding tert-OH is 1. The Hall–Kier alpha value is -2.20. The van der Waals surface area contributed by atoms with Gasteiger partial charge < -0.3 is 9.51 Å². The molecule has 0 aliphatic rings. The Labute approximate surface area is 103 Å². The van der Waals surface area contributed by atoms with Gasteiger partial charge in [0.25, 0.3) is 0 Å². The van der Waals surface area contributed by atoms with Crippen LogP contribution in [0, 0.1) is 5.82 Å². The van der Waals surface area contributed by atoms with E-state index in [2.05, 4.69) is 4.98 Å². The lowest BCUT2D eigenvalue weighted by Gasteiger charge is -2.13. The molecule has 0 radical (unpaired) electrons. The number of rotatable bonds is 2. The van der Waals surface area contributed by atoms with E-state index in [0.29, 0.717) is 11.3 Å². The van der Waals surface area contributed by atoms with E-state index in [9.17, 15) is 9.50 Å². The molecular weight excluding hydrogens is 231 g/mol. The van der Waals surface area contributed by atoms with E-state index in [0.717, 1.165) is 5.52 Å². The van der Waals surface area contributed by atoms with Crippen LogP contribution in [0.1, 0.15) is 17.4 Å². The van der Waals surface area contributed by atoms with Crippen molar-refractivity contribution < 1.29 is 9.50 Å². The molecule has 0 aliphatic heterocycles. The molecule has 18 heavy (non-hydrogen) atoms. The number of aliphatic hydroxyl groups is 1. The molecule has 0 bridgehead atoms. The average molecular weight is 242 g/mol. The van der Waals surface area contributed by atoms with Crippen molar-refractivity contribution >= 4 is 5.52 Å². The van der Waals surface area contributed by atoms with Gasteiger partial charge >= 0.3 is 0 Å². The highest BCUT2D eigenvalue weighted by molar-refractivity contribution is 5.47. The van der Waals surface area contributed by atoms with E-state index in [1.165, 1.54) is 12.1 Å². The highest BCUT2D eigenvalue weighted by atomic mass is 19.1. The molecule has 3 nitrogen and oxygen atoms in total. The third-order valence-electron chi connectivity index (χ3n) is 2.92. The molecule has 0 fully saturated rings. The Kier molecular flexibility index (Phi) is 2.57. The van der Waals surface area contributed by atoms with Gasteiger partial charge in [0.05, 0.1) is 23.7 Å². The van der Waals surface area contributed by atoms with Gasteiger partial charge in [0.2, 0.25) is 0 Å². The van der Waals surface area contributed by atoms with Crippen LogP contribution in [-0.4, -0.2) is 14.5 Å². The van der Waals surface area contributed by atoms with E-state index >= 15 is 0 Å². The Morgan fingerprint density at radius 1 is 1.17 bits per heavy atom. The topological polar surface area (TPSA) is 37.5 Å². The molecular formula is C14H11FN2O. The summed E-state index contributed by atoms with van der Waals surface area (Å²) in [7, 11) is 0. The lowest BCUT2D eigenvalue weighted by molar-refractivity contribution is 0.213. The van der Waals surface area contributed by atoms with Crippen LogP contribution >= 0.6 is 0 Å². The number of nitrogens with zero attached hydrogens (tertiary/aromatic N) is 2. The fraction of sp³-hybridized carbons (Fsp3) is 0.0714. The molecule has 90 valence electrons. The molecule has 4 heteroatoms. The predicted octanol–water partition coefficient (Wildman–Crippen LogP) is 2.56. The van der Waals surface area contributed by atoms with E-state index in [-0.39, 0.29) is 5.82 Å². The summed E-state index contributed by atoms with van der Waals surface area (Å²) in [5, 5.41) is 10.3. The van der Waals surface area contributed by atoms with E-state index in [1.54, 1.807) is 35.1 Å². The fourth-order valence-electron chi connectivity index (χ4n) is 2.04. The SMILES string of the molecule is OC(c1cccc(F)c1)c1cccc2cncn12. The van der Waals surface area contributed by atoms with Crippen molar-refractivity contribution in [3.05, 3.63) is 72.1 Å². The number of fused-ring (bicyclic) bond motifs is 1. The summed E-state index contributed by atoms with van der Waals surface area (Å²) < 4.78 is 15.0. The Morgan fingerprint density at radius 2 is 2.00 bits per heavy atom. The molecule has 3 aromatic rings. The zero-order chi connectivity index (χ0) is 12.5.